The molecule has 2 N–H and O–H groups in total. The van der Waals surface area contributed by atoms with E-state index in [0.717, 1.165) is 57.2 Å². The molecule has 3 aromatic rings. The first-order valence-corrected chi connectivity index (χ1v) is 11.8. The normalized spacial score (nSPS) is 13.2. The van der Waals surface area contributed by atoms with Gasteiger partial charge in [0.05, 0.1) is 16.3 Å². The van der Waals surface area contributed by atoms with Crippen molar-refractivity contribution in [3.05, 3.63) is 76.5 Å². The van der Waals surface area contributed by atoms with Crippen molar-refractivity contribution in [3.8, 4) is 10.6 Å². The van der Waals surface area contributed by atoms with Gasteiger partial charge >= 0.3 is 0 Å². The van der Waals surface area contributed by atoms with Crippen LogP contribution in [0.15, 0.2) is 59.7 Å². The third-order valence-corrected chi connectivity index (χ3v) is 6.93. The first-order chi connectivity index (χ1) is 14.5. The van der Waals surface area contributed by atoms with Crippen molar-refractivity contribution in [1.82, 2.24) is 9.97 Å². The number of allylic oxidation sites excluding steroid dienone is 4. The summed E-state index contributed by atoms with van der Waals surface area (Å²) in [6, 6.07) is 6.52. The van der Waals surface area contributed by atoms with Crippen LogP contribution in [0.2, 0.25) is 0 Å². The van der Waals surface area contributed by atoms with Gasteiger partial charge in [-0.1, -0.05) is 55.2 Å². The molecule has 6 heteroatoms. The summed E-state index contributed by atoms with van der Waals surface area (Å²) in [4.78, 5) is 10.6. The Morgan fingerprint density at radius 3 is 2.83 bits per heavy atom. The van der Waals surface area contributed by atoms with E-state index in [2.05, 4.69) is 72.9 Å². The van der Waals surface area contributed by atoms with Crippen LogP contribution in [0.1, 0.15) is 36.6 Å². The van der Waals surface area contributed by atoms with Gasteiger partial charge in [-0.2, -0.15) is 0 Å². The van der Waals surface area contributed by atoms with E-state index in [1.54, 1.807) is 22.7 Å². The highest BCUT2D eigenvalue weighted by Gasteiger charge is 2.15. The molecule has 1 aliphatic carbocycles. The molecule has 2 heterocycles. The molecule has 0 aliphatic heterocycles. The smallest absolute Gasteiger partial charge is 0.188 e. The Hall–Kier alpha value is -2.70. The summed E-state index contributed by atoms with van der Waals surface area (Å²) in [5, 5.41) is 10.7. The van der Waals surface area contributed by atoms with E-state index in [0.29, 0.717) is 0 Å². The molecule has 30 heavy (non-hydrogen) atoms. The van der Waals surface area contributed by atoms with Gasteiger partial charge in [0.2, 0.25) is 0 Å². The van der Waals surface area contributed by atoms with Gasteiger partial charge in [-0.25, -0.2) is 9.97 Å². The van der Waals surface area contributed by atoms with Crippen LogP contribution in [-0.2, 0) is 6.42 Å². The van der Waals surface area contributed by atoms with Crippen molar-refractivity contribution >= 4 is 38.6 Å². The Balaban J connectivity index is 1.51. The largest absolute Gasteiger partial charge is 0.332 e. The molecule has 0 saturated carbocycles. The number of benzene rings is 1. The van der Waals surface area contributed by atoms with E-state index in [-0.39, 0.29) is 0 Å². The van der Waals surface area contributed by atoms with E-state index < -0.39 is 0 Å². The Morgan fingerprint density at radius 2 is 2.07 bits per heavy atom. The van der Waals surface area contributed by atoms with Crippen LogP contribution in [0.4, 0.5) is 16.0 Å². The lowest BCUT2D eigenvalue weighted by atomic mass is 10.0. The SMILES string of the molecule is C=C(Nc1nc(C)c(-c2csc(Nc3cc(C)ccc3CC)n2)s1)C1=CC=CCC1. The number of nitrogens with one attached hydrogen (secondary N) is 2. The molecular weight excluding hydrogens is 408 g/mol. The first kappa shape index (κ1) is 20.6. The zero-order chi connectivity index (χ0) is 21.1. The number of hydrogen-bond donors (Lipinski definition) is 2. The maximum atomic E-state index is 4.83. The van der Waals surface area contributed by atoms with Crippen LogP contribution in [-0.4, -0.2) is 9.97 Å². The lowest BCUT2D eigenvalue weighted by Crippen LogP contribution is -2.02. The highest BCUT2D eigenvalue weighted by molar-refractivity contribution is 7.19. The highest BCUT2D eigenvalue weighted by Crippen LogP contribution is 2.36. The number of aryl methyl sites for hydroxylation is 3. The maximum Gasteiger partial charge on any atom is 0.188 e. The van der Waals surface area contributed by atoms with Gasteiger partial charge < -0.3 is 10.6 Å². The molecule has 0 bridgehead atoms. The summed E-state index contributed by atoms with van der Waals surface area (Å²) in [7, 11) is 0. The van der Waals surface area contributed by atoms with Gasteiger partial charge in [0.25, 0.3) is 0 Å². The fourth-order valence-corrected chi connectivity index (χ4v) is 5.16. The van der Waals surface area contributed by atoms with Crippen molar-refractivity contribution < 1.29 is 0 Å². The molecular formula is C24H26N4S2. The summed E-state index contributed by atoms with van der Waals surface area (Å²) >= 11 is 3.24. The van der Waals surface area contributed by atoms with Crippen LogP contribution in [0.3, 0.4) is 0 Å². The third-order valence-electron chi connectivity index (χ3n) is 5.08. The van der Waals surface area contributed by atoms with E-state index in [1.807, 2.05) is 6.92 Å². The zero-order valence-electron chi connectivity index (χ0n) is 17.6. The fraction of sp³-hybridized carbons (Fsp3) is 0.250. The van der Waals surface area contributed by atoms with Crippen molar-refractivity contribution in [2.75, 3.05) is 10.6 Å². The van der Waals surface area contributed by atoms with Crippen LogP contribution < -0.4 is 10.6 Å². The van der Waals surface area contributed by atoms with E-state index in [4.69, 9.17) is 9.97 Å². The Kier molecular flexibility index (Phi) is 6.16. The van der Waals surface area contributed by atoms with Crippen LogP contribution in [0.5, 0.6) is 0 Å². The second kappa shape index (κ2) is 8.98. The molecule has 0 atom stereocenters. The second-order valence-corrected chi connectivity index (χ2v) is 9.23. The van der Waals surface area contributed by atoms with Gasteiger partial charge in [0.1, 0.15) is 0 Å². The molecule has 4 rings (SSSR count). The summed E-state index contributed by atoms with van der Waals surface area (Å²) in [5.74, 6) is 0. The van der Waals surface area contributed by atoms with Crippen LogP contribution in [0, 0.1) is 13.8 Å². The van der Waals surface area contributed by atoms with Crippen LogP contribution in [0.25, 0.3) is 10.6 Å². The summed E-state index contributed by atoms with van der Waals surface area (Å²) in [6.07, 6.45) is 9.44. The van der Waals surface area contributed by atoms with Crippen molar-refractivity contribution in [1.29, 1.82) is 0 Å². The minimum atomic E-state index is 0.859. The summed E-state index contributed by atoms with van der Waals surface area (Å²) < 4.78 is 0. The standard InChI is InChI=1S/C24H26N4S2/c1-5-18-12-11-15(2)13-20(18)27-23-28-21(14-29-23)22-17(4)26-24(30-22)25-16(3)19-9-7-6-8-10-19/h6-7,9,11-14H,3,5,8,10H2,1-2,4H3,(H,25,26)(H,27,28). The average Bonchev–Trinajstić information content (AvgIpc) is 3.35. The van der Waals surface area contributed by atoms with Gasteiger partial charge in [0.15, 0.2) is 10.3 Å². The predicted molar refractivity (Wildman–Crippen MR) is 131 cm³/mol. The number of thiazole rings is 2. The van der Waals surface area contributed by atoms with E-state index in [9.17, 15) is 0 Å². The number of aromatic nitrogens is 2. The van der Waals surface area contributed by atoms with Crippen LogP contribution >= 0.6 is 22.7 Å². The van der Waals surface area contributed by atoms with Crippen molar-refractivity contribution in [2.45, 2.75) is 40.0 Å². The van der Waals surface area contributed by atoms with E-state index >= 15 is 0 Å². The molecule has 0 unspecified atom stereocenters. The zero-order valence-corrected chi connectivity index (χ0v) is 19.2. The maximum absolute atomic E-state index is 4.83. The lowest BCUT2D eigenvalue weighted by Gasteiger charge is -2.12. The average molecular weight is 435 g/mol. The number of hydrogen-bond acceptors (Lipinski definition) is 6. The Bertz CT molecular complexity index is 1130. The highest BCUT2D eigenvalue weighted by atomic mass is 32.1. The lowest BCUT2D eigenvalue weighted by molar-refractivity contribution is 0.971. The molecule has 1 aromatic carbocycles. The molecule has 1 aliphatic rings. The third kappa shape index (κ3) is 4.55. The second-order valence-electron chi connectivity index (χ2n) is 7.37. The minimum absolute atomic E-state index is 0.859. The van der Waals surface area contributed by atoms with Gasteiger partial charge in [0, 0.05) is 16.8 Å². The predicted octanol–water partition coefficient (Wildman–Crippen LogP) is 7.39. The number of rotatable bonds is 7. The number of nitrogens with zero attached hydrogens (tertiary/aromatic N) is 2. The summed E-state index contributed by atoms with van der Waals surface area (Å²) in [5.41, 5.74) is 7.76. The molecule has 0 fully saturated rings. The van der Waals surface area contributed by atoms with Gasteiger partial charge in [-0.15, -0.1) is 11.3 Å². The fourth-order valence-electron chi connectivity index (χ4n) is 3.42. The minimum Gasteiger partial charge on any atom is -0.332 e. The Morgan fingerprint density at radius 1 is 1.20 bits per heavy atom. The molecule has 2 aromatic heterocycles. The topological polar surface area (TPSA) is 49.8 Å². The molecule has 4 nitrogen and oxygen atoms in total. The molecule has 0 amide bonds. The van der Waals surface area contributed by atoms with Gasteiger partial charge in [-0.05, 0) is 55.9 Å². The van der Waals surface area contributed by atoms with Crippen molar-refractivity contribution in [2.24, 2.45) is 0 Å². The molecule has 0 radical (unpaired) electrons. The molecule has 0 saturated heterocycles. The van der Waals surface area contributed by atoms with Crippen molar-refractivity contribution in [3.63, 3.8) is 0 Å². The molecule has 154 valence electrons. The first-order valence-electron chi connectivity index (χ1n) is 10.2. The van der Waals surface area contributed by atoms with E-state index in [1.165, 1.54) is 16.7 Å². The Labute approximate surface area is 186 Å². The quantitative estimate of drug-likeness (QED) is 0.407. The molecule has 0 spiro atoms. The van der Waals surface area contributed by atoms with Gasteiger partial charge in [-0.3, -0.25) is 0 Å². The number of anilines is 3. The summed E-state index contributed by atoms with van der Waals surface area (Å²) in [6.45, 7) is 10.5. The monoisotopic (exact) mass is 434 g/mol.